The lowest BCUT2D eigenvalue weighted by molar-refractivity contribution is -0.137. The maximum absolute atomic E-state index is 13.5. The van der Waals surface area contributed by atoms with Crippen molar-refractivity contribution in [1.82, 2.24) is 4.57 Å². The molecule has 0 unspecified atom stereocenters. The van der Waals surface area contributed by atoms with E-state index in [1.54, 1.807) is 18.3 Å². The van der Waals surface area contributed by atoms with E-state index in [2.05, 4.69) is 0 Å². The first-order chi connectivity index (χ1) is 20.2. The zero-order valence-corrected chi connectivity index (χ0v) is 23.2. The van der Waals surface area contributed by atoms with Crippen molar-refractivity contribution in [3.05, 3.63) is 106 Å². The number of aliphatic carboxylic acids is 2. The van der Waals surface area contributed by atoms with Gasteiger partial charge < -0.3 is 24.3 Å². The number of benzene rings is 3. The van der Waals surface area contributed by atoms with Crippen molar-refractivity contribution in [2.24, 2.45) is 0 Å². The number of nitrogens with zero attached hydrogens (tertiary/aromatic N) is 1. The number of aryl methyl sites for hydroxylation is 1. The van der Waals surface area contributed by atoms with Gasteiger partial charge in [-0.2, -0.15) is 0 Å². The average molecular weight is 596 g/mol. The van der Waals surface area contributed by atoms with Crippen LogP contribution in [0.5, 0.6) is 11.5 Å². The molecule has 0 saturated heterocycles. The number of carboxylic acid groups (broad SMARTS) is 2. The van der Waals surface area contributed by atoms with Gasteiger partial charge >= 0.3 is 11.9 Å². The highest BCUT2D eigenvalue weighted by Gasteiger charge is 2.14. The maximum atomic E-state index is 13.5. The Morgan fingerprint density at radius 2 is 1.67 bits per heavy atom. The third kappa shape index (κ3) is 8.20. The molecule has 1 heterocycles. The minimum absolute atomic E-state index is 0.0339. The molecule has 0 aliphatic rings. The molecule has 218 valence electrons. The van der Waals surface area contributed by atoms with Gasteiger partial charge in [-0.3, -0.25) is 9.59 Å². The van der Waals surface area contributed by atoms with Crippen molar-refractivity contribution >= 4 is 46.6 Å². The predicted molar refractivity (Wildman–Crippen MR) is 157 cm³/mol. The first-order valence-electron chi connectivity index (χ1n) is 13.1. The Bertz CT molecular complexity index is 1630. The van der Waals surface area contributed by atoms with Gasteiger partial charge in [-0.05, 0) is 53.5 Å². The second kappa shape index (κ2) is 14.3. The molecule has 0 radical (unpaired) electrons. The number of fused-ring (bicyclic) bond motifs is 1. The van der Waals surface area contributed by atoms with Crippen LogP contribution in [0.25, 0.3) is 23.1 Å². The summed E-state index contributed by atoms with van der Waals surface area (Å²) in [4.78, 5) is 22.4. The third-order valence-corrected chi connectivity index (χ3v) is 6.66. The van der Waals surface area contributed by atoms with E-state index in [9.17, 15) is 23.5 Å². The molecule has 0 spiro atoms. The summed E-state index contributed by atoms with van der Waals surface area (Å²) in [5.74, 6) is -2.92. The van der Waals surface area contributed by atoms with Gasteiger partial charge in [-0.1, -0.05) is 48.0 Å². The number of carbonyl (C=O) groups is 2. The van der Waals surface area contributed by atoms with Gasteiger partial charge in [0.1, 0.15) is 41.4 Å². The molecular formula is C32H28ClF2NO6. The molecule has 42 heavy (non-hydrogen) atoms. The molecule has 0 aliphatic heterocycles. The predicted octanol–water partition coefficient (Wildman–Crippen LogP) is 7.25. The highest BCUT2D eigenvalue weighted by molar-refractivity contribution is 6.32. The highest BCUT2D eigenvalue weighted by atomic mass is 35.5. The van der Waals surface area contributed by atoms with Crippen LogP contribution in [0.3, 0.4) is 0 Å². The summed E-state index contributed by atoms with van der Waals surface area (Å²) >= 11 is 5.77. The second-order valence-electron chi connectivity index (χ2n) is 9.35. The fourth-order valence-corrected chi connectivity index (χ4v) is 4.57. The molecule has 1 aromatic heterocycles. The van der Waals surface area contributed by atoms with E-state index >= 15 is 0 Å². The van der Waals surface area contributed by atoms with Crippen LogP contribution in [0, 0.1) is 11.6 Å². The molecule has 2 N–H and O–H groups in total. The summed E-state index contributed by atoms with van der Waals surface area (Å²) in [7, 11) is 0. The van der Waals surface area contributed by atoms with E-state index in [0.717, 1.165) is 28.1 Å². The Morgan fingerprint density at radius 3 is 2.38 bits per heavy atom. The summed E-state index contributed by atoms with van der Waals surface area (Å²) in [5.41, 5.74) is 3.28. The Morgan fingerprint density at radius 1 is 0.929 bits per heavy atom. The van der Waals surface area contributed by atoms with Crippen molar-refractivity contribution in [3.8, 4) is 11.5 Å². The summed E-state index contributed by atoms with van der Waals surface area (Å²) in [6, 6.07) is 14.8. The molecule has 0 atom stereocenters. The van der Waals surface area contributed by atoms with Crippen molar-refractivity contribution in [2.75, 3.05) is 13.2 Å². The smallest absolute Gasteiger partial charge is 0.307 e. The van der Waals surface area contributed by atoms with E-state index in [-0.39, 0.29) is 36.8 Å². The van der Waals surface area contributed by atoms with Crippen LogP contribution >= 0.6 is 11.6 Å². The van der Waals surface area contributed by atoms with Gasteiger partial charge in [0.05, 0.1) is 6.42 Å². The number of aromatic nitrogens is 1. The lowest BCUT2D eigenvalue weighted by Gasteiger charge is -2.07. The maximum Gasteiger partial charge on any atom is 0.307 e. The van der Waals surface area contributed by atoms with Gasteiger partial charge in [-0.15, -0.1) is 0 Å². The zero-order chi connectivity index (χ0) is 30.1. The number of halogens is 3. The van der Waals surface area contributed by atoms with Gasteiger partial charge in [-0.25, -0.2) is 8.78 Å². The number of rotatable bonds is 14. The number of hydrogen-bond acceptors (Lipinski definition) is 4. The number of ether oxygens (including phenoxy) is 2. The standard InChI is InChI=1S/C32H28ClF2NO6/c33-32-26(35)18-24(34)19-28(32)42-16-2-1-15-41-25-12-9-21(10-13-25)8-11-22-5-3-6-27-31(22)23(17-30(39)40)20-36(27)14-4-7-29(37)38/h1-3,5-6,8-13,18-20H,4,7,14-17H2,(H,37,38)(H,39,40)/b2-1+,11-8+. The zero-order valence-electron chi connectivity index (χ0n) is 22.4. The van der Waals surface area contributed by atoms with Crippen LogP contribution in [0.1, 0.15) is 29.5 Å². The first-order valence-corrected chi connectivity index (χ1v) is 13.5. The molecule has 0 saturated carbocycles. The number of hydrogen-bond donors (Lipinski definition) is 2. The van der Waals surface area contributed by atoms with E-state index in [0.29, 0.717) is 30.3 Å². The van der Waals surface area contributed by atoms with E-state index in [4.69, 9.17) is 26.2 Å². The van der Waals surface area contributed by atoms with Crippen molar-refractivity contribution in [3.63, 3.8) is 0 Å². The Balaban J connectivity index is 1.37. The van der Waals surface area contributed by atoms with Crippen LogP contribution in [0.2, 0.25) is 5.02 Å². The lowest BCUT2D eigenvalue weighted by Crippen LogP contribution is -2.01. The SMILES string of the molecule is O=C(O)CCCn1cc(CC(=O)O)c2c(/C=C/c3ccc(OC/C=C/COc4cc(F)cc(F)c4Cl)cc3)cccc21. The highest BCUT2D eigenvalue weighted by Crippen LogP contribution is 2.29. The Labute approximate surface area is 245 Å². The fraction of sp³-hybridized carbons (Fsp3) is 0.188. The summed E-state index contributed by atoms with van der Waals surface area (Å²) in [5, 5.41) is 18.9. The number of carboxylic acids is 2. The quantitative estimate of drug-likeness (QED) is 0.0905. The lowest BCUT2D eigenvalue weighted by atomic mass is 10.0. The van der Waals surface area contributed by atoms with Crippen LogP contribution in [-0.2, 0) is 22.6 Å². The molecular weight excluding hydrogens is 568 g/mol. The second-order valence-corrected chi connectivity index (χ2v) is 9.73. The molecule has 10 heteroatoms. The molecule has 0 aliphatic carbocycles. The molecule has 4 rings (SSSR count). The van der Waals surface area contributed by atoms with Crippen molar-refractivity contribution < 1.29 is 38.1 Å². The van der Waals surface area contributed by atoms with E-state index in [1.807, 2.05) is 59.2 Å². The first kappa shape index (κ1) is 30.3. The molecule has 0 amide bonds. The Hall–Kier alpha value is -4.63. The van der Waals surface area contributed by atoms with E-state index in [1.165, 1.54) is 0 Å². The van der Waals surface area contributed by atoms with Crippen molar-refractivity contribution in [1.29, 1.82) is 0 Å². The third-order valence-electron chi connectivity index (χ3n) is 6.29. The monoisotopic (exact) mass is 595 g/mol. The van der Waals surface area contributed by atoms with Crippen LogP contribution in [-0.4, -0.2) is 39.9 Å². The minimum Gasteiger partial charge on any atom is -0.490 e. The minimum atomic E-state index is -0.942. The topological polar surface area (TPSA) is 98.0 Å². The molecule has 0 fully saturated rings. The molecule has 3 aromatic carbocycles. The van der Waals surface area contributed by atoms with Crippen LogP contribution in [0.15, 0.2) is 72.9 Å². The Kier molecular flexibility index (Phi) is 10.3. The van der Waals surface area contributed by atoms with Crippen LogP contribution in [0.4, 0.5) is 8.78 Å². The van der Waals surface area contributed by atoms with Crippen LogP contribution < -0.4 is 9.47 Å². The fourth-order valence-electron chi connectivity index (χ4n) is 4.41. The normalized spacial score (nSPS) is 11.5. The molecule has 0 bridgehead atoms. The van der Waals surface area contributed by atoms with Gasteiger partial charge in [0.15, 0.2) is 0 Å². The molecule has 7 nitrogen and oxygen atoms in total. The van der Waals surface area contributed by atoms with E-state index < -0.39 is 23.6 Å². The van der Waals surface area contributed by atoms with Gasteiger partial charge in [0.2, 0.25) is 0 Å². The van der Waals surface area contributed by atoms with Gasteiger partial charge in [0, 0.05) is 42.2 Å². The largest absolute Gasteiger partial charge is 0.490 e. The van der Waals surface area contributed by atoms with Crippen molar-refractivity contribution in [2.45, 2.75) is 25.8 Å². The summed E-state index contributed by atoms with van der Waals surface area (Å²) < 4.78 is 39.7. The average Bonchev–Trinajstić information content (AvgIpc) is 3.29. The summed E-state index contributed by atoms with van der Waals surface area (Å²) in [6.07, 6.45) is 9.32. The van der Waals surface area contributed by atoms with Gasteiger partial charge in [0.25, 0.3) is 0 Å². The summed E-state index contributed by atoms with van der Waals surface area (Å²) in [6.45, 7) is 0.782. The molecule has 4 aromatic rings.